The summed E-state index contributed by atoms with van der Waals surface area (Å²) in [6, 6.07) is 7.52. The van der Waals surface area contributed by atoms with Crippen molar-refractivity contribution in [3.05, 3.63) is 53.6 Å². The van der Waals surface area contributed by atoms with E-state index in [2.05, 4.69) is 20.9 Å². The van der Waals surface area contributed by atoms with Gasteiger partial charge in [-0.2, -0.15) is 0 Å². The Morgan fingerprint density at radius 1 is 1.29 bits per heavy atom. The fourth-order valence-corrected chi connectivity index (χ4v) is 4.65. The summed E-state index contributed by atoms with van der Waals surface area (Å²) >= 11 is 0. The highest BCUT2D eigenvalue weighted by molar-refractivity contribution is 7.89. The Kier molecular flexibility index (Phi) is 7.21. The third-order valence-corrected chi connectivity index (χ3v) is 7.19. The number of hydrogen-bond donors (Lipinski definition) is 3. The van der Waals surface area contributed by atoms with Crippen LogP contribution >= 0.6 is 0 Å². The van der Waals surface area contributed by atoms with Gasteiger partial charge in [0.2, 0.25) is 10.0 Å². The van der Waals surface area contributed by atoms with Gasteiger partial charge in [0.1, 0.15) is 5.37 Å². The van der Waals surface area contributed by atoms with Gasteiger partial charge >= 0.3 is 6.03 Å². The number of benzene rings is 1. The maximum absolute atomic E-state index is 15.1. The molecule has 0 saturated carbocycles. The number of urea groups is 1. The van der Waals surface area contributed by atoms with E-state index in [-0.39, 0.29) is 18.8 Å². The van der Waals surface area contributed by atoms with Crippen LogP contribution in [-0.4, -0.2) is 67.7 Å². The number of carbonyl (C=O) groups is 1. The van der Waals surface area contributed by atoms with Gasteiger partial charge in [-0.25, -0.2) is 21.9 Å². The lowest BCUT2D eigenvalue weighted by Crippen LogP contribution is -2.56. The molecule has 0 aliphatic carbocycles. The first-order valence-corrected chi connectivity index (χ1v) is 11.3. The highest BCUT2D eigenvalue weighted by atomic mass is 32.2. The normalized spacial score (nSPS) is 17.5. The van der Waals surface area contributed by atoms with Crippen LogP contribution in [0.1, 0.15) is 11.3 Å². The van der Waals surface area contributed by atoms with E-state index in [1.807, 2.05) is 6.92 Å². The molecule has 1 aliphatic heterocycles. The number of sulfonamides is 1. The van der Waals surface area contributed by atoms with E-state index in [0.29, 0.717) is 24.3 Å². The predicted octanol–water partition coefficient (Wildman–Crippen LogP) is 1.80. The number of aromatic nitrogens is 1. The Balaban J connectivity index is 1.74. The number of piperazine rings is 1. The van der Waals surface area contributed by atoms with E-state index < -0.39 is 27.2 Å². The summed E-state index contributed by atoms with van der Waals surface area (Å²) in [5.41, 5.74) is 1.61. The van der Waals surface area contributed by atoms with E-state index in [1.54, 1.807) is 29.2 Å². The van der Waals surface area contributed by atoms with E-state index >= 15 is 4.39 Å². The van der Waals surface area contributed by atoms with Crippen molar-refractivity contribution >= 4 is 27.4 Å². The Labute approximate surface area is 181 Å². The average Bonchev–Trinajstić information content (AvgIpc) is 2.73. The van der Waals surface area contributed by atoms with Gasteiger partial charge < -0.3 is 16.0 Å². The SMILES string of the molecule is Cc1ccc(NC(=O)Nc2cccc(CN3CCNCC3S(=O)(=O)N(C)C)c2F)cn1. The van der Waals surface area contributed by atoms with Gasteiger partial charge in [0, 0.05) is 51.5 Å². The van der Waals surface area contributed by atoms with Gasteiger partial charge in [-0.3, -0.25) is 9.88 Å². The Hall–Kier alpha value is -2.60. The zero-order chi connectivity index (χ0) is 22.6. The molecule has 2 amide bonds. The second-order valence-corrected chi connectivity index (χ2v) is 9.81. The quantitative estimate of drug-likeness (QED) is 0.620. The number of pyridine rings is 1. The number of anilines is 2. The van der Waals surface area contributed by atoms with Crippen molar-refractivity contribution < 1.29 is 17.6 Å². The van der Waals surface area contributed by atoms with Gasteiger partial charge in [-0.15, -0.1) is 0 Å². The lowest BCUT2D eigenvalue weighted by atomic mass is 10.1. The second-order valence-electron chi connectivity index (χ2n) is 7.50. The molecule has 0 radical (unpaired) electrons. The monoisotopic (exact) mass is 450 g/mol. The Morgan fingerprint density at radius 2 is 2.06 bits per heavy atom. The third-order valence-electron chi connectivity index (χ3n) is 5.02. The maximum atomic E-state index is 15.1. The number of carbonyl (C=O) groups excluding carboxylic acids is 1. The number of amides is 2. The molecule has 0 spiro atoms. The number of halogens is 1. The molecule has 1 aliphatic rings. The highest BCUT2D eigenvalue weighted by Crippen LogP contribution is 2.23. The van der Waals surface area contributed by atoms with Crippen LogP contribution in [0.25, 0.3) is 0 Å². The highest BCUT2D eigenvalue weighted by Gasteiger charge is 2.35. The maximum Gasteiger partial charge on any atom is 0.323 e. The molecule has 0 bridgehead atoms. The molecule has 31 heavy (non-hydrogen) atoms. The number of hydrogen-bond acceptors (Lipinski definition) is 6. The molecule has 11 heteroatoms. The molecule has 1 saturated heterocycles. The molecule has 9 nitrogen and oxygen atoms in total. The Bertz CT molecular complexity index is 1030. The second kappa shape index (κ2) is 9.69. The summed E-state index contributed by atoms with van der Waals surface area (Å²) in [7, 11) is -0.597. The van der Waals surface area contributed by atoms with Crippen LogP contribution in [-0.2, 0) is 16.6 Å². The van der Waals surface area contributed by atoms with E-state index in [1.165, 1.54) is 30.7 Å². The molecule has 1 atom stereocenters. The average molecular weight is 451 g/mol. The number of nitrogens with zero attached hydrogens (tertiary/aromatic N) is 3. The smallest absolute Gasteiger partial charge is 0.313 e. The van der Waals surface area contributed by atoms with Crippen molar-refractivity contribution in [3.63, 3.8) is 0 Å². The van der Waals surface area contributed by atoms with Crippen LogP contribution in [0.15, 0.2) is 36.5 Å². The topological polar surface area (TPSA) is 107 Å². The van der Waals surface area contributed by atoms with E-state index in [0.717, 1.165) is 5.69 Å². The summed E-state index contributed by atoms with van der Waals surface area (Å²) in [4.78, 5) is 18.1. The van der Waals surface area contributed by atoms with Crippen LogP contribution < -0.4 is 16.0 Å². The predicted molar refractivity (Wildman–Crippen MR) is 118 cm³/mol. The lowest BCUT2D eigenvalue weighted by Gasteiger charge is -2.37. The van der Waals surface area contributed by atoms with Crippen molar-refractivity contribution in [3.8, 4) is 0 Å². The van der Waals surface area contributed by atoms with Gasteiger partial charge in [0.15, 0.2) is 5.82 Å². The fraction of sp³-hybridized carbons (Fsp3) is 0.400. The first-order chi connectivity index (χ1) is 14.7. The summed E-state index contributed by atoms with van der Waals surface area (Å²) in [5, 5.41) is 7.38. The van der Waals surface area contributed by atoms with E-state index in [9.17, 15) is 13.2 Å². The molecule has 1 fully saturated rings. The van der Waals surface area contributed by atoms with Crippen LogP contribution in [0.2, 0.25) is 0 Å². The van der Waals surface area contributed by atoms with Crippen molar-refractivity contribution in [2.24, 2.45) is 0 Å². The molecule has 1 aromatic carbocycles. The van der Waals surface area contributed by atoms with Gasteiger partial charge in [0.05, 0.1) is 17.6 Å². The minimum atomic E-state index is -3.56. The van der Waals surface area contributed by atoms with Gasteiger partial charge in [-0.1, -0.05) is 12.1 Å². The number of nitrogens with one attached hydrogen (secondary N) is 3. The standard InChI is InChI=1S/C20H27FN6O3S/c1-14-7-8-16(11-23-14)24-20(28)25-17-6-4-5-15(19(17)21)13-27-10-9-22-12-18(27)31(29,30)26(2)3/h4-8,11,18,22H,9-10,12-13H2,1-3H3,(H2,24,25,28). The largest absolute Gasteiger partial charge is 0.323 e. The molecular weight excluding hydrogens is 423 g/mol. The van der Waals surface area contributed by atoms with E-state index in [4.69, 9.17) is 0 Å². The molecular formula is C20H27FN6O3S. The zero-order valence-corrected chi connectivity index (χ0v) is 18.5. The van der Waals surface area contributed by atoms with Crippen LogP contribution in [0.3, 0.4) is 0 Å². The van der Waals surface area contributed by atoms with Crippen molar-refractivity contribution in [2.45, 2.75) is 18.8 Å². The summed E-state index contributed by atoms with van der Waals surface area (Å²) in [5.74, 6) is -0.598. The van der Waals surface area contributed by atoms with Crippen molar-refractivity contribution in [1.82, 2.24) is 19.5 Å². The minimum absolute atomic E-state index is 0.0113. The third kappa shape index (κ3) is 5.56. The number of aryl methyl sites for hydroxylation is 1. The summed E-state index contributed by atoms with van der Waals surface area (Å²) < 4.78 is 41.6. The van der Waals surface area contributed by atoms with Crippen LogP contribution in [0.5, 0.6) is 0 Å². The fourth-order valence-electron chi connectivity index (χ4n) is 3.28. The molecule has 1 aromatic heterocycles. The zero-order valence-electron chi connectivity index (χ0n) is 17.7. The lowest BCUT2D eigenvalue weighted by molar-refractivity contribution is 0.195. The molecule has 3 N–H and O–H groups in total. The van der Waals surface area contributed by atoms with Crippen LogP contribution in [0.4, 0.5) is 20.6 Å². The molecule has 2 aromatic rings. The van der Waals surface area contributed by atoms with Crippen molar-refractivity contribution in [2.75, 3.05) is 44.4 Å². The van der Waals surface area contributed by atoms with Gasteiger partial charge in [-0.05, 0) is 25.1 Å². The molecule has 2 heterocycles. The summed E-state index contributed by atoms with van der Waals surface area (Å²) in [6.07, 6.45) is 1.51. The summed E-state index contributed by atoms with van der Waals surface area (Å²) in [6.45, 7) is 3.25. The van der Waals surface area contributed by atoms with Gasteiger partial charge in [0.25, 0.3) is 0 Å². The number of rotatable bonds is 6. The molecule has 3 rings (SSSR count). The first kappa shape index (κ1) is 23.1. The van der Waals surface area contributed by atoms with Crippen molar-refractivity contribution in [1.29, 1.82) is 0 Å². The molecule has 168 valence electrons. The Morgan fingerprint density at radius 3 is 2.74 bits per heavy atom. The molecule has 1 unspecified atom stereocenters. The van der Waals surface area contributed by atoms with Crippen LogP contribution in [0, 0.1) is 12.7 Å². The first-order valence-electron chi connectivity index (χ1n) is 9.82. The minimum Gasteiger partial charge on any atom is -0.313 e.